The molecule has 1 aliphatic rings. The van der Waals surface area contributed by atoms with E-state index >= 15 is 0 Å². The van der Waals surface area contributed by atoms with Gasteiger partial charge in [0.25, 0.3) is 0 Å². The molecular formula is C12H26N2. The lowest BCUT2D eigenvalue weighted by Gasteiger charge is -2.35. The van der Waals surface area contributed by atoms with Crippen molar-refractivity contribution in [1.82, 2.24) is 4.90 Å². The van der Waals surface area contributed by atoms with Crippen LogP contribution in [0.2, 0.25) is 0 Å². The van der Waals surface area contributed by atoms with Crippen LogP contribution in [0.4, 0.5) is 0 Å². The summed E-state index contributed by atoms with van der Waals surface area (Å²) in [6.45, 7) is 7.00. The quantitative estimate of drug-likeness (QED) is 0.749. The van der Waals surface area contributed by atoms with Crippen molar-refractivity contribution in [2.45, 2.75) is 45.6 Å². The Bertz CT molecular complexity index is 158. The van der Waals surface area contributed by atoms with E-state index in [-0.39, 0.29) is 0 Å². The van der Waals surface area contributed by atoms with E-state index in [1.165, 1.54) is 38.8 Å². The first-order chi connectivity index (χ1) is 6.63. The summed E-state index contributed by atoms with van der Waals surface area (Å²) in [6, 6.07) is 0.450. The highest BCUT2D eigenvalue weighted by Crippen LogP contribution is 2.28. The minimum atomic E-state index is 0.450. The molecular weight excluding hydrogens is 172 g/mol. The molecule has 0 aromatic carbocycles. The largest absolute Gasteiger partial charge is 0.327 e. The van der Waals surface area contributed by atoms with Crippen molar-refractivity contribution in [3.05, 3.63) is 0 Å². The van der Waals surface area contributed by atoms with Gasteiger partial charge in [-0.25, -0.2) is 0 Å². The van der Waals surface area contributed by atoms with Crippen molar-refractivity contribution in [1.29, 1.82) is 0 Å². The fourth-order valence-corrected chi connectivity index (χ4v) is 2.61. The molecule has 84 valence electrons. The molecule has 0 bridgehead atoms. The van der Waals surface area contributed by atoms with Gasteiger partial charge in [0, 0.05) is 12.6 Å². The maximum atomic E-state index is 6.16. The summed E-state index contributed by atoms with van der Waals surface area (Å²) in [5.41, 5.74) is 6.16. The number of hydrogen-bond donors (Lipinski definition) is 1. The summed E-state index contributed by atoms with van der Waals surface area (Å²) in [4.78, 5) is 2.43. The van der Waals surface area contributed by atoms with Gasteiger partial charge in [0.1, 0.15) is 0 Å². The SMILES string of the molecule is CCCN(C)CC1CC(C)CCC1N. The minimum Gasteiger partial charge on any atom is -0.327 e. The van der Waals surface area contributed by atoms with Crippen molar-refractivity contribution < 1.29 is 0 Å². The van der Waals surface area contributed by atoms with E-state index in [2.05, 4.69) is 25.8 Å². The Labute approximate surface area is 88.8 Å². The van der Waals surface area contributed by atoms with E-state index in [4.69, 9.17) is 5.73 Å². The average Bonchev–Trinajstić information content (AvgIpc) is 2.12. The first-order valence-electron chi connectivity index (χ1n) is 6.07. The standard InChI is InChI=1S/C12H26N2/c1-4-7-14(3)9-11-8-10(2)5-6-12(11)13/h10-12H,4-9,13H2,1-3H3. The molecule has 14 heavy (non-hydrogen) atoms. The van der Waals surface area contributed by atoms with Crippen LogP contribution in [-0.4, -0.2) is 31.1 Å². The minimum absolute atomic E-state index is 0.450. The molecule has 0 aromatic heterocycles. The smallest absolute Gasteiger partial charge is 0.00795 e. The third-order valence-electron chi connectivity index (χ3n) is 3.45. The Morgan fingerprint density at radius 3 is 2.71 bits per heavy atom. The van der Waals surface area contributed by atoms with Gasteiger partial charge < -0.3 is 10.6 Å². The zero-order valence-electron chi connectivity index (χ0n) is 10.00. The van der Waals surface area contributed by atoms with Gasteiger partial charge in [-0.1, -0.05) is 13.8 Å². The highest BCUT2D eigenvalue weighted by Gasteiger charge is 2.26. The number of rotatable bonds is 4. The summed E-state index contributed by atoms with van der Waals surface area (Å²) in [6.07, 6.45) is 5.13. The molecule has 0 amide bonds. The second kappa shape index (κ2) is 5.72. The maximum Gasteiger partial charge on any atom is 0.00795 e. The fourth-order valence-electron chi connectivity index (χ4n) is 2.61. The van der Waals surface area contributed by atoms with Crippen LogP contribution >= 0.6 is 0 Å². The van der Waals surface area contributed by atoms with Crippen molar-refractivity contribution in [2.75, 3.05) is 20.1 Å². The lowest BCUT2D eigenvalue weighted by Crippen LogP contribution is -2.41. The molecule has 2 nitrogen and oxygen atoms in total. The second-order valence-electron chi connectivity index (χ2n) is 5.10. The van der Waals surface area contributed by atoms with Crippen LogP contribution in [0.3, 0.4) is 0 Å². The molecule has 0 spiro atoms. The van der Waals surface area contributed by atoms with E-state index in [1.807, 2.05) is 0 Å². The second-order valence-corrected chi connectivity index (χ2v) is 5.10. The Balaban J connectivity index is 2.33. The third kappa shape index (κ3) is 3.58. The van der Waals surface area contributed by atoms with Crippen molar-refractivity contribution >= 4 is 0 Å². The predicted molar refractivity (Wildman–Crippen MR) is 62.3 cm³/mol. The molecule has 2 heteroatoms. The van der Waals surface area contributed by atoms with E-state index < -0.39 is 0 Å². The van der Waals surface area contributed by atoms with Crippen LogP contribution in [0, 0.1) is 11.8 Å². The van der Waals surface area contributed by atoms with E-state index in [1.54, 1.807) is 0 Å². The molecule has 0 aromatic rings. The van der Waals surface area contributed by atoms with Crippen molar-refractivity contribution in [2.24, 2.45) is 17.6 Å². The van der Waals surface area contributed by atoms with E-state index in [9.17, 15) is 0 Å². The Hall–Kier alpha value is -0.0800. The van der Waals surface area contributed by atoms with Gasteiger partial charge in [-0.2, -0.15) is 0 Å². The fraction of sp³-hybridized carbons (Fsp3) is 1.00. The summed E-state index contributed by atoms with van der Waals surface area (Å²) in [5, 5.41) is 0. The molecule has 2 N–H and O–H groups in total. The summed E-state index contributed by atoms with van der Waals surface area (Å²) < 4.78 is 0. The number of hydrogen-bond acceptors (Lipinski definition) is 2. The van der Waals surface area contributed by atoms with Crippen LogP contribution in [0.25, 0.3) is 0 Å². The lowest BCUT2D eigenvalue weighted by atomic mass is 9.79. The average molecular weight is 198 g/mol. The molecule has 0 saturated heterocycles. The molecule has 1 aliphatic carbocycles. The Morgan fingerprint density at radius 2 is 2.07 bits per heavy atom. The Morgan fingerprint density at radius 1 is 1.36 bits per heavy atom. The van der Waals surface area contributed by atoms with Crippen LogP contribution in [-0.2, 0) is 0 Å². The lowest BCUT2D eigenvalue weighted by molar-refractivity contribution is 0.181. The molecule has 0 radical (unpaired) electrons. The highest BCUT2D eigenvalue weighted by molar-refractivity contribution is 4.82. The van der Waals surface area contributed by atoms with Crippen LogP contribution < -0.4 is 5.73 Å². The van der Waals surface area contributed by atoms with Crippen LogP contribution in [0.15, 0.2) is 0 Å². The first kappa shape index (κ1) is 12.0. The van der Waals surface area contributed by atoms with Crippen molar-refractivity contribution in [3.63, 3.8) is 0 Å². The van der Waals surface area contributed by atoms with Gasteiger partial charge in [-0.3, -0.25) is 0 Å². The molecule has 1 saturated carbocycles. The first-order valence-corrected chi connectivity index (χ1v) is 6.07. The number of nitrogens with zero attached hydrogens (tertiary/aromatic N) is 1. The van der Waals surface area contributed by atoms with E-state index in [0.717, 1.165) is 11.8 Å². The number of nitrogens with two attached hydrogens (primary N) is 1. The zero-order chi connectivity index (χ0) is 10.6. The van der Waals surface area contributed by atoms with Gasteiger partial charge in [-0.05, 0) is 51.1 Å². The predicted octanol–water partition coefficient (Wildman–Crippen LogP) is 2.09. The molecule has 3 unspecified atom stereocenters. The van der Waals surface area contributed by atoms with Gasteiger partial charge in [0.05, 0.1) is 0 Å². The van der Waals surface area contributed by atoms with Crippen molar-refractivity contribution in [3.8, 4) is 0 Å². The monoisotopic (exact) mass is 198 g/mol. The van der Waals surface area contributed by atoms with E-state index in [0.29, 0.717) is 6.04 Å². The molecule has 0 aliphatic heterocycles. The Kier molecular flexibility index (Phi) is 4.90. The normalized spacial score (nSPS) is 33.6. The molecule has 0 heterocycles. The van der Waals surface area contributed by atoms with Gasteiger partial charge in [-0.15, -0.1) is 0 Å². The van der Waals surface area contributed by atoms with Gasteiger partial charge in [0.2, 0.25) is 0 Å². The maximum absolute atomic E-state index is 6.16. The van der Waals surface area contributed by atoms with Gasteiger partial charge in [0.15, 0.2) is 0 Å². The molecule has 3 atom stereocenters. The topological polar surface area (TPSA) is 29.3 Å². The molecule has 1 rings (SSSR count). The van der Waals surface area contributed by atoms with Crippen LogP contribution in [0.1, 0.15) is 39.5 Å². The summed E-state index contributed by atoms with van der Waals surface area (Å²) >= 11 is 0. The summed E-state index contributed by atoms with van der Waals surface area (Å²) in [5.74, 6) is 1.62. The van der Waals surface area contributed by atoms with Crippen LogP contribution in [0.5, 0.6) is 0 Å². The van der Waals surface area contributed by atoms with Gasteiger partial charge >= 0.3 is 0 Å². The third-order valence-corrected chi connectivity index (χ3v) is 3.45. The molecule has 1 fully saturated rings. The zero-order valence-corrected chi connectivity index (χ0v) is 10.00. The summed E-state index contributed by atoms with van der Waals surface area (Å²) in [7, 11) is 2.22. The highest BCUT2D eigenvalue weighted by atomic mass is 15.1.